The molecule has 1 rings (SSSR count). The van der Waals surface area contributed by atoms with Crippen LogP contribution in [-0.2, 0) is 0 Å². The first-order chi connectivity index (χ1) is 9.58. The van der Waals surface area contributed by atoms with Crippen LogP contribution in [0.4, 0.5) is 0 Å². The summed E-state index contributed by atoms with van der Waals surface area (Å²) in [5.74, 6) is 1.68. The molecule has 0 aromatic heterocycles. The van der Waals surface area contributed by atoms with Crippen molar-refractivity contribution in [3.05, 3.63) is 28.8 Å². The van der Waals surface area contributed by atoms with E-state index in [1.807, 2.05) is 0 Å². The highest BCUT2D eigenvalue weighted by molar-refractivity contribution is 5.43. The zero-order chi connectivity index (χ0) is 15.1. The van der Waals surface area contributed by atoms with Crippen LogP contribution in [0.5, 0.6) is 5.75 Å². The van der Waals surface area contributed by atoms with Crippen LogP contribution < -0.4 is 10.1 Å². The number of benzene rings is 1. The van der Waals surface area contributed by atoms with Crippen molar-refractivity contribution in [3.63, 3.8) is 0 Å². The van der Waals surface area contributed by atoms with Gasteiger partial charge in [-0.1, -0.05) is 39.7 Å². The van der Waals surface area contributed by atoms with E-state index in [0.29, 0.717) is 12.0 Å². The van der Waals surface area contributed by atoms with Crippen LogP contribution >= 0.6 is 0 Å². The molecule has 0 bridgehead atoms. The van der Waals surface area contributed by atoms with Gasteiger partial charge < -0.3 is 10.1 Å². The number of ether oxygens (including phenoxy) is 1. The fourth-order valence-corrected chi connectivity index (χ4v) is 2.96. The van der Waals surface area contributed by atoms with Gasteiger partial charge in [0.2, 0.25) is 0 Å². The van der Waals surface area contributed by atoms with E-state index in [1.54, 1.807) is 7.11 Å². The summed E-state index contributed by atoms with van der Waals surface area (Å²) >= 11 is 0. The normalized spacial score (nSPS) is 12.8. The van der Waals surface area contributed by atoms with Crippen molar-refractivity contribution in [2.24, 2.45) is 5.92 Å². The second-order valence-corrected chi connectivity index (χ2v) is 5.69. The Morgan fingerprint density at radius 1 is 1.05 bits per heavy atom. The summed E-state index contributed by atoms with van der Waals surface area (Å²) in [5.41, 5.74) is 3.99. The fourth-order valence-electron chi connectivity index (χ4n) is 2.96. The summed E-state index contributed by atoms with van der Waals surface area (Å²) in [6, 6.07) is 4.93. The summed E-state index contributed by atoms with van der Waals surface area (Å²) < 4.78 is 5.43. The molecule has 1 atom stereocenters. The topological polar surface area (TPSA) is 21.3 Å². The molecule has 114 valence electrons. The van der Waals surface area contributed by atoms with E-state index in [1.165, 1.54) is 36.0 Å². The molecular formula is C18H31NO. The highest BCUT2D eigenvalue weighted by Gasteiger charge is 2.22. The summed E-state index contributed by atoms with van der Waals surface area (Å²) in [7, 11) is 1.75. The lowest BCUT2D eigenvalue weighted by Crippen LogP contribution is -2.29. The minimum absolute atomic E-state index is 0.453. The molecule has 2 nitrogen and oxygen atoms in total. The van der Waals surface area contributed by atoms with Gasteiger partial charge in [-0.25, -0.2) is 0 Å². The van der Waals surface area contributed by atoms with Gasteiger partial charge >= 0.3 is 0 Å². The number of nitrogens with one attached hydrogen (secondary N) is 1. The molecule has 0 fully saturated rings. The van der Waals surface area contributed by atoms with Crippen molar-refractivity contribution in [2.45, 2.75) is 59.9 Å². The monoisotopic (exact) mass is 277 g/mol. The van der Waals surface area contributed by atoms with Crippen LogP contribution in [0, 0.1) is 19.8 Å². The van der Waals surface area contributed by atoms with Crippen molar-refractivity contribution in [1.82, 2.24) is 5.32 Å². The van der Waals surface area contributed by atoms with Gasteiger partial charge in [0.1, 0.15) is 5.75 Å². The van der Waals surface area contributed by atoms with Gasteiger partial charge in [0.05, 0.1) is 7.11 Å². The summed E-state index contributed by atoms with van der Waals surface area (Å²) in [5, 5.41) is 3.75. The molecule has 1 aromatic carbocycles. The Bertz CT molecular complexity index is 410. The average Bonchev–Trinajstić information content (AvgIpc) is 2.45. The second kappa shape index (κ2) is 8.31. The molecule has 0 spiro atoms. The van der Waals surface area contributed by atoms with Gasteiger partial charge in [-0.3, -0.25) is 0 Å². The Balaban J connectivity index is 3.15. The lowest BCUT2D eigenvalue weighted by Gasteiger charge is -2.29. The molecule has 0 aliphatic heterocycles. The predicted molar refractivity (Wildman–Crippen MR) is 87.6 cm³/mol. The van der Waals surface area contributed by atoms with E-state index in [2.05, 4.69) is 52.1 Å². The molecule has 20 heavy (non-hydrogen) atoms. The SMILES string of the molecule is CCCNC(c1cc(C)c(OC)cc1C)C(CC)CC. The third-order valence-corrected chi connectivity index (χ3v) is 4.25. The first-order valence-electron chi connectivity index (χ1n) is 7.97. The minimum Gasteiger partial charge on any atom is -0.496 e. The van der Waals surface area contributed by atoms with Crippen LogP contribution in [0.15, 0.2) is 12.1 Å². The van der Waals surface area contributed by atoms with Crippen LogP contribution in [0.2, 0.25) is 0 Å². The summed E-state index contributed by atoms with van der Waals surface area (Å²) in [4.78, 5) is 0. The smallest absolute Gasteiger partial charge is 0.122 e. The molecule has 1 N–H and O–H groups in total. The van der Waals surface area contributed by atoms with Crippen molar-refractivity contribution < 1.29 is 4.74 Å². The molecular weight excluding hydrogens is 246 g/mol. The maximum Gasteiger partial charge on any atom is 0.122 e. The standard InChI is InChI=1S/C18H31NO/c1-7-10-19-18(15(8-2)9-3)16-11-14(5)17(20-6)12-13(16)4/h11-12,15,18-19H,7-10H2,1-6H3. The molecule has 0 radical (unpaired) electrons. The van der Waals surface area contributed by atoms with Gasteiger partial charge in [0.15, 0.2) is 0 Å². The molecule has 1 unspecified atom stereocenters. The Hall–Kier alpha value is -1.02. The zero-order valence-corrected chi connectivity index (χ0v) is 14.0. The zero-order valence-electron chi connectivity index (χ0n) is 14.0. The first-order valence-corrected chi connectivity index (χ1v) is 7.97. The summed E-state index contributed by atoms with van der Waals surface area (Å²) in [6.07, 6.45) is 3.59. The Labute approximate surface area is 124 Å². The largest absolute Gasteiger partial charge is 0.496 e. The Morgan fingerprint density at radius 3 is 2.20 bits per heavy atom. The minimum atomic E-state index is 0.453. The molecule has 1 aromatic rings. The Kier molecular flexibility index (Phi) is 7.08. The van der Waals surface area contributed by atoms with E-state index in [0.717, 1.165) is 12.3 Å². The lowest BCUT2D eigenvalue weighted by molar-refractivity contribution is 0.339. The molecule has 0 saturated carbocycles. The number of methoxy groups -OCH3 is 1. The predicted octanol–water partition coefficient (Wildman–Crippen LogP) is 4.79. The van der Waals surface area contributed by atoms with Gasteiger partial charge in [-0.2, -0.15) is 0 Å². The fraction of sp³-hybridized carbons (Fsp3) is 0.667. The third-order valence-electron chi connectivity index (χ3n) is 4.25. The molecule has 2 heteroatoms. The van der Waals surface area contributed by atoms with Crippen LogP contribution in [-0.4, -0.2) is 13.7 Å². The number of hydrogen-bond acceptors (Lipinski definition) is 2. The van der Waals surface area contributed by atoms with E-state index in [-0.39, 0.29) is 0 Å². The van der Waals surface area contributed by atoms with Gasteiger partial charge in [-0.05, 0) is 55.5 Å². The van der Waals surface area contributed by atoms with E-state index in [9.17, 15) is 0 Å². The van der Waals surface area contributed by atoms with Crippen LogP contribution in [0.1, 0.15) is 62.8 Å². The quantitative estimate of drug-likeness (QED) is 0.737. The average molecular weight is 277 g/mol. The first kappa shape index (κ1) is 17.0. The maximum atomic E-state index is 5.43. The van der Waals surface area contributed by atoms with Gasteiger partial charge in [0, 0.05) is 6.04 Å². The van der Waals surface area contributed by atoms with Crippen molar-refractivity contribution >= 4 is 0 Å². The molecule has 0 aliphatic rings. The Morgan fingerprint density at radius 2 is 1.70 bits per heavy atom. The van der Waals surface area contributed by atoms with E-state index in [4.69, 9.17) is 4.74 Å². The van der Waals surface area contributed by atoms with Crippen LogP contribution in [0.25, 0.3) is 0 Å². The number of hydrogen-bond donors (Lipinski definition) is 1. The molecule has 0 saturated heterocycles. The third kappa shape index (κ3) is 3.99. The summed E-state index contributed by atoms with van der Waals surface area (Å²) in [6.45, 7) is 12.2. The van der Waals surface area contributed by atoms with Gasteiger partial charge in [-0.15, -0.1) is 0 Å². The van der Waals surface area contributed by atoms with E-state index < -0.39 is 0 Å². The lowest BCUT2D eigenvalue weighted by atomic mass is 9.86. The molecule has 0 aliphatic carbocycles. The van der Waals surface area contributed by atoms with E-state index >= 15 is 0 Å². The number of rotatable bonds is 8. The maximum absolute atomic E-state index is 5.43. The highest BCUT2D eigenvalue weighted by atomic mass is 16.5. The van der Waals surface area contributed by atoms with Gasteiger partial charge in [0.25, 0.3) is 0 Å². The second-order valence-electron chi connectivity index (χ2n) is 5.69. The molecule has 0 heterocycles. The highest BCUT2D eigenvalue weighted by Crippen LogP contribution is 2.33. The van der Waals surface area contributed by atoms with Crippen molar-refractivity contribution in [3.8, 4) is 5.75 Å². The van der Waals surface area contributed by atoms with Crippen molar-refractivity contribution in [1.29, 1.82) is 0 Å². The van der Waals surface area contributed by atoms with Crippen LogP contribution in [0.3, 0.4) is 0 Å². The van der Waals surface area contributed by atoms with Crippen molar-refractivity contribution in [2.75, 3.05) is 13.7 Å². The number of aryl methyl sites for hydroxylation is 2. The molecule has 0 amide bonds.